The molecule has 0 N–H and O–H groups in total. The molecule has 0 saturated carbocycles. The van der Waals surface area contributed by atoms with Crippen LogP contribution in [0.3, 0.4) is 0 Å². The summed E-state index contributed by atoms with van der Waals surface area (Å²) >= 11 is 0. The van der Waals surface area contributed by atoms with E-state index in [0.29, 0.717) is 6.61 Å². The van der Waals surface area contributed by atoms with Crippen molar-refractivity contribution in [2.75, 3.05) is 19.8 Å². The Balaban J connectivity index is 1.33. The number of hydrogen-bond donors (Lipinski definition) is 0. The average Bonchev–Trinajstić information content (AvgIpc) is 3.19. The van der Waals surface area contributed by atoms with Crippen LogP contribution in [-0.4, -0.2) is 34.3 Å². The van der Waals surface area contributed by atoms with Crippen molar-refractivity contribution in [2.24, 2.45) is 0 Å². The molecule has 0 aromatic heterocycles. The smallest absolute Gasteiger partial charge is 0.297 e. The van der Waals surface area contributed by atoms with Gasteiger partial charge in [0.15, 0.2) is 0 Å². The lowest BCUT2D eigenvalue weighted by atomic mass is 9.80. The third kappa shape index (κ3) is 14.5. The zero-order valence-corrected chi connectivity index (χ0v) is 33.2. The van der Waals surface area contributed by atoms with Crippen molar-refractivity contribution in [2.45, 2.75) is 133 Å². The summed E-state index contributed by atoms with van der Waals surface area (Å²) < 4.78 is 45.5. The summed E-state index contributed by atoms with van der Waals surface area (Å²) in [6.07, 6.45) is 20.3. The van der Waals surface area contributed by atoms with Gasteiger partial charge >= 0.3 is 0 Å². The Kier molecular flexibility index (Phi) is 19.4. The topological polar surface area (TPSA) is 61.8 Å². The minimum absolute atomic E-state index is 0.126. The fourth-order valence-corrected chi connectivity index (χ4v) is 7.91. The average molecular weight is 741 g/mol. The van der Waals surface area contributed by atoms with Crippen LogP contribution in [0.5, 0.6) is 0 Å². The van der Waals surface area contributed by atoms with Crippen LogP contribution < -0.4 is 0 Å². The molecule has 1 unspecified atom stereocenters. The Morgan fingerprint density at radius 1 is 0.509 bits per heavy atom. The molecule has 1 atom stereocenters. The zero-order valence-electron chi connectivity index (χ0n) is 32.4. The van der Waals surface area contributed by atoms with Crippen molar-refractivity contribution in [3.8, 4) is 0 Å². The van der Waals surface area contributed by atoms with Crippen molar-refractivity contribution in [1.82, 2.24) is 0 Å². The quantitative estimate of drug-likeness (QED) is 0.0330. The lowest BCUT2D eigenvalue weighted by molar-refractivity contribution is -0.0774. The van der Waals surface area contributed by atoms with E-state index in [9.17, 15) is 8.42 Å². The summed E-state index contributed by atoms with van der Waals surface area (Å²) in [6, 6.07) is 37.2. The fraction of sp³-hybridized carbons (Fsp3) is 0.489. The van der Waals surface area contributed by atoms with E-state index in [0.717, 1.165) is 35.1 Å². The molecule has 0 radical (unpaired) electrons. The Morgan fingerprint density at radius 2 is 0.906 bits per heavy atom. The third-order valence-corrected chi connectivity index (χ3v) is 11.4. The van der Waals surface area contributed by atoms with E-state index in [-0.39, 0.29) is 18.1 Å². The van der Waals surface area contributed by atoms with Gasteiger partial charge in [-0.1, -0.05) is 212 Å². The molecule has 4 aromatic rings. The van der Waals surface area contributed by atoms with Crippen molar-refractivity contribution in [1.29, 1.82) is 0 Å². The molecule has 5 nitrogen and oxygen atoms in total. The van der Waals surface area contributed by atoms with E-state index in [2.05, 4.69) is 43.3 Å². The highest BCUT2D eigenvalue weighted by Crippen LogP contribution is 2.40. The molecule has 0 bridgehead atoms. The van der Waals surface area contributed by atoms with Gasteiger partial charge in [-0.3, -0.25) is 4.18 Å². The van der Waals surface area contributed by atoms with Gasteiger partial charge in [0.2, 0.25) is 0 Å². The molecule has 288 valence electrons. The molecule has 0 spiro atoms. The normalized spacial score (nSPS) is 12.6. The van der Waals surface area contributed by atoms with Crippen LogP contribution in [0.15, 0.2) is 120 Å². The van der Waals surface area contributed by atoms with E-state index in [1.165, 1.54) is 89.9 Å². The predicted octanol–water partition coefficient (Wildman–Crippen LogP) is 12.4. The standard InChI is InChI=1S/C47H64O5S/c1-3-4-5-6-7-8-9-10-11-12-13-14-15-16-17-27-38-50-45(40-52-53(48,49)46-36-34-41(2)35-37-46)39-51-47(42-28-21-18-22-29-42,43-30-23-19-24-31-43)44-32-25-20-26-33-44/h18-26,28-37,45H,3-17,27,38-40H2,1-2H3. The summed E-state index contributed by atoms with van der Waals surface area (Å²) in [5.74, 6) is 0. The van der Waals surface area contributed by atoms with Crippen LogP contribution >= 0.6 is 0 Å². The third-order valence-electron chi connectivity index (χ3n) is 10.1. The van der Waals surface area contributed by atoms with Crippen LogP contribution in [0.2, 0.25) is 0 Å². The lowest BCUT2D eigenvalue weighted by Crippen LogP contribution is -2.38. The number of rotatable bonds is 28. The molecule has 0 aliphatic rings. The molecule has 0 fully saturated rings. The van der Waals surface area contributed by atoms with Crippen molar-refractivity contribution < 1.29 is 22.1 Å². The summed E-state index contributed by atoms with van der Waals surface area (Å²) in [5.41, 5.74) is 2.96. The largest absolute Gasteiger partial charge is 0.373 e. The van der Waals surface area contributed by atoms with Crippen molar-refractivity contribution in [3.05, 3.63) is 138 Å². The van der Waals surface area contributed by atoms with E-state index < -0.39 is 21.8 Å². The zero-order chi connectivity index (χ0) is 37.5. The Labute approximate surface area is 321 Å². The highest BCUT2D eigenvalue weighted by Gasteiger charge is 2.38. The van der Waals surface area contributed by atoms with Gasteiger partial charge in [0.05, 0.1) is 18.1 Å². The maximum absolute atomic E-state index is 13.2. The van der Waals surface area contributed by atoms with Gasteiger partial charge in [-0.25, -0.2) is 0 Å². The van der Waals surface area contributed by atoms with Gasteiger partial charge in [-0.15, -0.1) is 0 Å². The molecule has 0 amide bonds. The molecule has 6 heteroatoms. The first-order valence-electron chi connectivity index (χ1n) is 20.3. The van der Waals surface area contributed by atoms with Crippen molar-refractivity contribution in [3.63, 3.8) is 0 Å². The summed E-state index contributed by atoms with van der Waals surface area (Å²) in [5, 5.41) is 0. The molecule has 0 aliphatic carbocycles. The SMILES string of the molecule is CCCCCCCCCCCCCCCCCCOC(COC(c1ccccc1)(c1ccccc1)c1ccccc1)COS(=O)(=O)c1ccc(C)cc1. The first-order chi connectivity index (χ1) is 26.0. The van der Waals surface area contributed by atoms with E-state index >= 15 is 0 Å². The summed E-state index contributed by atoms with van der Waals surface area (Å²) in [6.45, 7) is 4.69. The number of benzene rings is 4. The first kappa shape index (κ1) is 42.5. The van der Waals surface area contributed by atoms with Crippen LogP contribution in [-0.2, 0) is 29.4 Å². The molecule has 53 heavy (non-hydrogen) atoms. The number of aryl methyl sites for hydroxylation is 1. The van der Waals surface area contributed by atoms with Crippen LogP contribution in [0.25, 0.3) is 0 Å². The second-order valence-electron chi connectivity index (χ2n) is 14.4. The number of hydrogen-bond acceptors (Lipinski definition) is 5. The first-order valence-corrected chi connectivity index (χ1v) is 21.7. The maximum atomic E-state index is 13.2. The Hall–Kier alpha value is -3.29. The van der Waals surface area contributed by atoms with Crippen LogP contribution in [0.4, 0.5) is 0 Å². The minimum atomic E-state index is -3.98. The highest BCUT2D eigenvalue weighted by molar-refractivity contribution is 7.86. The lowest BCUT2D eigenvalue weighted by Gasteiger charge is -2.37. The second kappa shape index (κ2) is 24.2. The Bertz CT molecular complexity index is 1510. The minimum Gasteiger partial charge on any atom is -0.373 e. The van der Waals surface area contributed by atoms with E-state index in [1.807, 2.05) is 61.5 Å². The maximum Gasteiger partial charge on any atom is 0.297 e. The molecule has 4 rings (SSSR count). The summed E-state index contributed by atoms with van der Waals surface area (Å²) in [7, 11) is -3.98. The highest BCUT2D eigenvalue weighted by atomic mass is 32.2. The molecular formula is C47H64O5S. The van der Waals surface area contributed by atoms with Gasteiger partial charge < -0.3 is 9.47 Å². The number of ether oxygens (including phenoxy) is 2. The Morgan fingerprint density at radius 3 is 1.32 bits per heavy atom. The van der Waals surface area contributed by atoms with Gasteiger partial charge in [0.1, 0.15) is 11.7 Å². The van der Waals surface area contributed by atoms with Gasteiger partial charge in [-0.2, -0.15) is 8.42 Å². The molecule has 4 aromatic carbocycles. The van der Waals surface area contributed by atoms with E-state index in [4.69, 9.17) is 13.7 Å². The molecule has 0 aliphatic heterocycles. The van der Waals surface area contributed by atoms with Crippen LogP contribution in [0, 0.1) is 6.92 Å². The van der Waals surface area contributed by atoms with Crippen LogP contribution in [0.1, 0.15) is 132 Å². The van der Waals surface area contributed by atoms with Crippen molar-refractivity contribution >= 4 is 10.1 Å². The molecule has 0 heterocycles. The predicted molar refractivity (Wildman–Crippen MR) is 219 cm³/mol. The monoisotopic (exact) mass is 740 g/mol. The summed E-state index contributed by atoms with van der Waals surface area (Å²) in [4.78, 5) is 0.132. The van der Waals surface area contributed by atoms with E-state index in [1.54, 1.807) is 24.3 Å². The fourth-order valence-electron chi connectivity index (χ4n) is 6.97. The molecule has 0 saturated heterocycles. The van der Waals surface area contributed by atoms with Gasteiger partial charge in [-0.05, 0) is 42.2 Å². The van der Waals surface area contributed by atoms with Gasteiger partial charge in [0.25, 0.3) is 10.1 Å². The molecular weight excluding hydrogens is 677 g/mol. The second-order valence-corrected chi connectivity index (χ2v) is 16.1. The number of unbranched alkanes of at least 4 members (excludes halogenated alkanes) is 15. The van der Waals surface area contributed by atoms with Gasteiger partial charge in [0, 0.05) is 6.61 Å².